The van der Waals surface area contributed by atoms with Crippen LogP contribution in [-0.2, 0) is 11.8 Å². The fourth-order valence-electron chi connectivity index (χ4n) is 3.37. The zero-order valence-corrected chi connectivity index (χ0v) is 14.5. The Bertz CT molecular complexity index is 1080. The summed E-state index contributed by atoms with van der Waals surface area (Å²) in [4.78, 5) is 29.4. The van der Waals surface area contributed by atoms with Crippen molar-refractivity contribution in [2.24, 2.45) is 7.05 Å². The molecule has 3 heterocycles. The van der Waals surface area contributed by atoms with Crippen LogP contribution in [0.4, 0.5) is 5.82 Å². The number of carbonyl (C=O) groups is 1. The van der Waals surface area contributed by atoms with E-state index in [1.807, 2.05) is 6.07 Å². The summed E-state index contributed by atoms with van der Waals surface area (Å²) in [7, 11) is 4.73. The molecule has 9 heteroatoms. The highest BCUT2D eigenvalue weighted by Gasteiger charge is 2.33. The van der Waals surface area contributed by atoms with Crippen molar-refractivity contribution in [3.63, 3.8) is 0 Å². The van der Waals surface area contributed by atoms with Gasteiger partial charge in [0, 0.05) is 19.4 Å². The first-order valence-electron chi connectivity index (χ1n) is 7.99. The Morgan fingerprint density at radius 3 is 2.69 bits per heavy atom. The predicted molar refractivity (Wildman–Crippen MR) is 92.9 cm³/mol. The van der Waals surface area contributed by atoms with E-state index >= 15 is 0 Å². The number of hydrogen-bond donors (Lipinski definition) is 1. The number of benzene rings is 1. The van der Waals surface area contributed by atoms with Crippen LogP contribution < -0.4 is 20.3 Å². The molecule has 1 atom stereocenters. The van der Waals surface area contributed by atoms with Gasteiger partial charge in [0.1, 0.15) is 12.1 Å². The number of amides is 1. The molecule has 0 spiro atoms. The molecule has 134 valence electrons. The first kappa shape index (κ1) is 16.1. The number of anilines is 1. The van der Waals surface area contributed by atoms with Gasteiger partial charge >= 0.3 is 0 Å². The van der Waals surface area contributed by atoms with Gasteiger partial charge in [-0.15, -0.1) is 0 Å². The first-order valence-corrected chi connectivity index (χ1v) is 7.99. The number of fused-ring (bicyclic) bond motifs is 3. The van der Waals surface area contributed by atoms with Crippen molar-refractivity contribution in [2.45, 2.75) is 12.3 Å². The third kappa shape index (κ3) is 2.24. The number of methoxy groups -OCH3 is 2. The monoisotopic (exact) mass is 355 g/mol. The van der Waals surface area contributed by atoms with E-state index in [2.05, 4.69) is 15.4 Å². The number of carbonyl (C=O) groups excluding carboxylic acids is 1. The van der Waals surface area contributed by atoms with Crippen LogP contribution in [0, 0.1) is 0 Å². The van der Waals surface area contributed by atoms with Crippen molar-refractivity contribution in [1.82, 2.24) is 19.2 Å². The number of hydrogen-bond acceptors (Lipinski definition) is 6. The molecule has 0 aliphatic carbocycles. The van der Waals surface area contributed by atoms with Crippen LogP contribution in [0.2, 0.25) is 0 Å². The Kier molecular flexibility index (Phi) is 3.64. The van der Waals surface area contributed by atoms with Gasteiger partial charge in [0.05, 0.1) is 19.8 Å². The standard InChI is InChI=1S/C17H17N5O4/c1-21-16(24)14-10(9-4-5-11(25-2)12(6-9)26-3)7-13(23)20-15(14)22-17(21)18-8-19-22/h4-6,8,10H,7H2,1-3H3,(H,20,23)/t10-/m1/s1. The zero-order valence-electron chi connectivity index (χ0n) is 14.5. The number of ether oxygens (including phenoxy) is 2. The molecule has 1 N–H and O–H groups in total. The second kappa shape index (κ2) is 5.87. The van der Waals surface area contributed by atoms with Crippen LogP contribution in [0.15, 0.2) is 29.3 Å². The van der Waals surface area contributed by atoms with Crippen LogP contribution in [0.3, 0.4) is 0 Å². The van der Waals surface area contributed by atoms with Crippen molar-refractivity contribution in [3.8, 4) is 11.5 Å². The van der Waals surface area contributed by atoms with E-state index in [4.69, 9.17) is 9.47 Å². The minimum atomic E-state index is -0.425. The number of nitrogens with zero attached hydrogens (tertiary/aromatic N) is 4. The third-order valence-electron chi connectivity index (χ3n) is 4.64. The van der Waals surface area contributed by atoms with E-state index in [1.165, 1.54) is 15.4 Å². The van der Waals surface area contributed by atoms with E-state index in [1.54, 1.807) is 33.4 Å². The molecule has 0 saturated carbocycles. The van der Waals surface area contributed by atoms with Gasteiger partial charge < -0.3 is 14.8 Å². The highest BCUT2D eigenvalue weighted by Crippen LogP contribution is 2.38. The van der Waals surface area contributed by atoms with Gasteiger partial charge in [-0.25, -0.2) is 0 Å². The second-order valence-electron chi connectivity index (χ2n) is 6.02. The Morgan fingerprint density at radius 2 is 1.96 bits per heavy atom. The maximum Gasteiger partial charge on any atom is 0.260 e. The lowest BCUT2D eigenvalue weighted by molar-refractivity contribution is -0.116. The molecule has 9 nitrogen and oxygen atoms in total. The fraction of sp³-hybridized carbons (Fsp3) is 0.294. The van der Waals surface area contributed by atoms with E-state index in [9.17, 15) is 9.59 Å². The molecule has 0 unspecified atom stereocenters. The van der Waals surface area contributed by atoms with Crippen LogP contribution in [-0.4, -0.2) is 39.3 Å². The molecule has 4 rings (SSSR count). The van der Waals surface area contributed by atoms with E-state index in [0.717, 1.165) is 5.56 Å². The Balaban J connectivity index is 1.97. The summed E-state index contributed by atoms with van der Waals surface area (Å²) < 4.78 is 13.5. The molecule has 0 fully saturated rings. The number of aromatic nitrogens is 4. The van der Waals surface area contributed by atoms with Gasteiger partial charge in [-0.05, 0) is 17.7 Å². The van der Waals surface area contributed by atoms with Gasteiger partial charge in [0.15, 0.2) is 11.5 Å². The lowest BCUT2D eigenvalue weighted by atomic mass is 9.86. The largest absolute Gasteiger partial charge is 0.493 e. The molecule has 0 bridgehead atoms. The van der Waals surface area contributed by atoms with Gasteiger partial charge in [-0.1, -0.05) is 6.07 Å². The molecular weight excluding hydrogens is 338 g/mol. The quantitative estimate of drug-likeness (QED) is 0.750. The van der Waals surface area contributed by atoms with Crippen molar-refractivity contribution >= 4 is 17.5 Å². The van der Waals surface area contributed by atoms with E-state index in [0.29, 0.717) is 28.7 Å². The van der Waals surface area contributed by atoms with Crippen LogP contribution in [0.5, 0.6) is 11.5 Å². The maximum atomic E-state index is 13.0. The Labute approximate surface area is 148 Å². The summed E-state index contributed by atoms with van der Waals surface area (Å²) in [6.45, 7) is 0. The minimum Gasteiger partial charge on any atom is -0.493 e. The van der Waals surface area contributed by atoms with Crippen molar-refractivity contribution in [1.29, 1.82) is 0 Å². The van der Waals surface area contributed by atoms with Crippen LogP contribution in [0.1, 0.15) is 23.5 Å². The highest BCUT2D eigenvalue weighted by molar-refractivity contribution is 5.94. The second-order valence-corrected chi connectivity index (χ2v) is 6.02. The maximum absolute atomic E-state index is 13.0. The van der Waals surface area contributed by atoms with Gasteiger partial charge in [-0.2, -0.15) is 14.6 Å². The molecule has 1 aliphatic heterocycles. The molecule has 0 saturated heterocycles. The predicted octanol–water partition coefficient (Wildman–Crippen LogP) is 0.919. The van der Waals surface area contributed by atoms with Crippen LogP contribution >= 0.6 is 0 Å². The third-order valence-corrected chi connectivity index (χ3v) is 4.64. The van der Waals surface area contributed by atoms with E-state index in [-0.39, 0.29) is 17.9 Å². The average molecular weight is 355 g/mol. The van der Waals surface area contributed by atoms with Crippen molar-refractivity contribution in [3.05, 3.63) is 46.0 Å². The number of nitrogens with one attached hydrogen (secondary N) is 1. The first-order chi connectivity index (χ1) is 12.5. The molecular formula is C17H17N5O4. The summed E-state index contributed by atoms with van der Waals surface area (Å²) in [6.07, 6.45) is 1.50. The summed E-state index contributed by atoms with van der Waals surface area (Å²) in [5.41, 5.74) is 1.04. The molecule has 26 heavy (non-hydrogen) atoms. The summed E-state index contributed by atoms with van der Waals surface area (Å²) in [5, 5.41) is 6.90. The van der Waals surface area contributed by atoms with Gasteiger partial charge in [0.2, 0.25) is 11.7 Å². The topological polar surface area (TPSA) is 99.8 Å². The summed E-state index contributed by atoms with van der Waals surface area (Å²) in [6, 6.07) is 5.38. The molecule has 1 aliphatic rings. The zero-order chi connectivity index (χ0) is 18.4. The average Bonchev–Trinajstić information content (AvgIpc) is 3.15. The van der Waals surface area contributed by atoms with Crippen molar-refractivity contribution in [2.75, 3.05) is 19.5 Å². The normalized spacial score (nSPS) is 16.3. The Morgan fingerprint density at radius 1 is 1.19 bits per heavy atom. The van der Waals surface area contributed by atoms with E-state index < -0.39 is 5.92 Å². The molecule has 1 amide bonds. The summed E-state index contributed by atoms with van der Waals surface area (Å²) in [5.74, 6) is 1.22. The minimum absolute atomic E-state index is 0.151. The smallest absolute Gasteiger partial charge is 0.260 e. The Hall–Kier alpha value is -3.36. The fourth-order valence-corrected chi connectivity index (χ4v) is 3.37. The molecule has 3 aromatic rings. The molecule has 1 aromatic carbocycles. The number of aryl methyl sites for hydroxylation is 1. The highest BCUT2D eigenvalue weighted by atomic mass is 16.5. The number of rotatable bonds is 3. The molecule has 0 radical (unpaired) electrons. The van der Waals surface area contributed by atoms with Gasteiger partial charge in [-0.3, -0.25) is 14.2 Å². The van der Waals surface area contributed by atoms with Gasteiger partial charge in [0.25, 0.3) is 5.56 Å². The van der Waals surface area contributed by atoms with Crippen molar-refractivity contribution < 1.29 is 14.3 Å². The van der Waals surface area contributed by atoms with Crippen LogP contribution in [0.25, 0.3) is 5.78 Å². The lowest BCUT2D eigenvalue weighted by Crippen LogP contribution is -2.35. The summed E-state index contributed by atoms with van der Waals surface area (Å²) >= 11 is 0. The lowest BCUT2D eigenvalue weighted by Gasteiger charge is -2.26. The SMILES string of the molecule is COc1ccc([C@H]2CC(=O)Nc3c2c(=O)n(C)c2ncnn32)cc1OC. The molecule has 2 aromatic heterocycles.